The van der Waals surface area contributed by atoms with E-state index in [0.717, 1.165) is 25.9 Å². The molecule has 0 bridgehead atoms. The van der Waals surface area contributed by atoms with E-state index >= 15 is 0 Å². The summed E-state index contributed by atoms with van der Waals surface area (Å²) in [6.45, 7) is 4.67. The van der Waals surface area contributed by atoms with Crippen LogP contribution in [-0.2, 0) is 4.74 Å². The fourth-order valence-corrected chi connectivity index (χ4v) is 2.56. The van der Waals surface area contributed by atoms with E-state index in [9.17, 15) is 4.39 Å². The molecular weight excluding hydrogens is 253 g/mol. The first-order chi connectivity index (χ1) is 8.72. The summed E-state index contributed by atoms with van der Waals surface area (Å²) in [5.41, 5.74) is 0.586. The lowest BCUT2D eigenvalue weighted by atomic mass is 9.95. The van der Waals surface area contributed by atoms with Crippen molar-refractivity contribution in [1.29, 1.82) is 0 Å². The van der Waals surface area contributed by atoms with Crippen LogP contribution >= 0.6 is 11.6 Å². The highest BCUT2D eigenvalue weighted by molar-refractivity contribution is 6.30. The van der Waals surface area contributed by atoms with Crippen molar-refractivity contribution in [2.45, 2.75) is 25.9 Å². The Labute approximate surface area is 112 Å². The smallest absolute Gasteiger partial charge is 0.129 e. The van der Waals surface area contributed by atoms with Crippen LogP contribution in [0.25, 0.3) is 0 Å². The van der Waals surface area contributed by atoms with E-state index in [0.29, 0.717) is 23.1 Å². The first-order valence-electron chi connectivity index (χ1n) is 6.49. The van der Waals surface area contributed by atoms with Gasteiger partial charge in [0.05, 0.1) is 6.10 Å². The second kappa shape index (κ2) is 6.50. The number of ether oxygens (including phenoxy) is 1. The average molecular weight is 272 g/mol. The Kier molecular flexibility index (Phi) is 4.98. The van der Waals surface area contributed by atoms with Gasteiger partial charge in [0.2, 0.25) is 0 Å². The molecule has 100 valence electrons. The first-order valence-corrected chi connectivity index (χ1v) is 6.87. The highest BCUT2D eigenvalue weighted by Gasteiger charge is 2.31. The topological polar surface area (TPSA) is 21.3 Å². The highest BCUT2D eigenvalue weighted by atomic mass is 35.5. The molecule has 1 N–H and O–H groups in total. The first kappa shape index (κ1) is 13.8. The normalized spacial score (nSPS) is 23.5. The molecule has 0 radical (unpaired) electrons. The molecule has 1 heterocycles. The third-order valence-electron chi connectivity index (χ3n) is 3.31. The van der Waals surface area contributed by atoms with Crippen molar-refractivity contribution < 1.29 is 9.13 Å². The molecule has 0 saturated carbocycles. The minimum Gasteiger partial charge on any atom is -0.373 e. The fraction of sp³-hybridized carbons (Fsp3) is 0.571. The maximum Gasteiger partial charge on any atom is 0.129 e. The minimum absolute atomic E-state index is 0.173. The summed E-state index contributed by atoms with van der Waals surface area (Å²) in [6, 6.07) is 4.66. The maximum absolute atomic E-state index is 13.8. The Balaban J connectivity index is 2.08. The zero-order valence-corrected chi connectivity index (χ0v) is 11.3. The number of rotatable bonds is 5. The summed E-state index contributed by atoms with van der Waals surface area (Å²) in [5, 5.41) is 3.93. The molecule has 2 unspecified atom stereocenters. The van der Waals surface area contributed by atoms with Gasteiger partial charge in [-0.1, -0.05) is 18.5 Å². The molecule has 0 aliphatic carbocycles. The molecule has 1 aliphatic rings. The Morgan fingerprint density at radius 3 is 3.11 bits per heavy atom. The van der Waals surface area contributed by atoms with Crippen LogP contribution in [-0.4, -0.2) is 19.7 Å². The molecule has 1 fully saturated rings. The molecule has 0 amide bonds. The number of hydrogen-bond donors (Lipinski definition) is 1. The van der Waals surface area contributed by atoms with Crippen molar-refractivity contribution in [2.75, 3.05) is 19.7 Å². The van der Waals surface area contributed by atoms with Crippen LogP contribution in [0, 0.1) is 11.7 Å². The van der Waals surface area contributed by atoms with E-state index in [-0.39, 0.29) is 11.9 Å². The van der Waals surface area contributed by atoms with Gasteiger partial charge in [-0.3, -0.25) is 0 Å². The lowest BCUT2D eigenvalue weighted by Crippen LogP contribution is -2.25. The van der Waals surface area contributed by atoms with Crippen LogP contribution in [0.15, 0.2) is 18.2 Å². The molecule has 18 heavy (non-hydrogen) atoms. The summed E-state index contributed by atoms with van der Waals surface area (Å²) in [5.74, 6) is 0.0938. The molecular formula is C14H19ClFNO. The molecule has 1 aromatic carbocycles. The second-order valence-corrected chi connectivity index (χ2v) is 5.15. The lowest BCUT2D eigenvalue weighted by molar-refractivity contribution is 0.0875. The van der Waals surface area contributed by atoms with E-state index in [1.807, 2.05) is 0 Å². The maximum atomic E-state index is 13.8. The molecule has 2 nitrogen and oxygen atoms in total. The average Bonchev–Trinajstić information content (AvgIpc) is 2.81. The van der Waals surface area contributed by atoms with Gasteiger partial charge in [0.25, 0.3) is 0 Å². The van der Waals surface area contributed by atoms with Gasteiger partial charge >= 0.3 is 0 Å². The Morgan fingerprint density at radius 1 is 1.50 bits per heavy atom. The summed E-state index contributed by atoms with van der Waals surface area (Å²) in [4.78, 5) is 0. The van der Waals surface area contributed by atoms with Crippen molar-refractivity contribution in [3.63, 3.8) is 0 Å². The van der Waals surface area contributed by atoms with E-state index in [1.165, 1.54) is 6.07 Å². The van der Waals surface area contributed by atoms with Crippen LogP contribution in [0.4, 0.5) is 4.39 Å². The third-order valence-corrected chi connectivity index (χ3v) is 3.55. The Bertz CT molecular complexity index is 399. The monoisotopic (exact) mass is 271 g/mol. The highest BCUT2D eigenvalue weighted by Crippen LogP contribution is 2.36. The van der Waals surface area contributed by atoms with Gasteiger partial charge in [0.15, 0.2) is 0 Å². The van der Waals surface area contributed by atoms with Crippen molar-refractivity contribution in [1.82, 2.24) is 5.32 Å². The largest absolute Gasteiger partial charge is 0.373 e. The lowest BCUT2D eigenvalue weighted by Gasteiger charge is -2.20. The molecule has 1 aliphatic heterocycles. The molecule has 1 aromatic rings. The van der Waals surface area contributed by atoms with Crippen molar-refractivity contribution in [3.8, 4) is 0 Å². The zero-order valence-electron chi connectivity index (χ0n) is 10.6. The third kappa shape index (κ3) is 3.22. The van der Waals surface area contributed by atoms with Crippen molar-refractivity contribution >= 4 is 11.6 Å². The van der Waals surface area contributed by atoms with Crippen LogP contribution in [0.2, 0.25) is 5.02 Å². The van der Waals surface area contributed by atoms with Crippen LogP contribution in [0.1, 0.15) is 31.4 Å². The van der Waals surface area contributed by atoms with E-state index in [1.54, 1.807) is 12.1 Å². The number of benzene rings is 1. The molecule has 2 atom stereocenters. The summed E-state index contributed by atoms with van der Waals surface area (Å²) >= 11 is 5.93. The van der Waals surface area contributed by atoms with Gasteiger partial charge in [0.1, 0.15) is 5.82 Å². The van der Waals surface area contributed by atoms with Crippen LogP contribution in [0.3, 0.4) is 0 Å². The predicted octanol–water partition coefficient (Wildman–Crippen LogP) is 3.56. The van der Waals surface area contributed by atoms with Crippen molar-refractivity contribution in [3.05, 3.63) is 34.6 Å². The van der Waals surface area contributed by atoms with Gasteiger partial charge in [-0.2, -0.15) is 0 Å². The van der Waals surface area contributed by atoms with Gasteiger partial charge in [-0.05, 0) is 37.6 Å². The number of nitrogens with one attached hydrogen (secondary N) is 1. The van der Waals surface area contributed by atoms with Crippen LogP contribution in [0.5, 0.6) is 0 Å². The summed E-state index contributed by atoms with van der Waals surface area (Å²) in [6.07, 6.45) is 1.89. The van der Waals surface area contributed by atoms with Gasteiger partial charge in [-0.25, -0.2) is 4.39 Å². The van der Waals surface area contributed by atoms with Crippen molar-refractivity contribution in [2.24, 2.45) is 5.92 Å². The molecule has 1 saturated heterocycles. The van der Waals surface area contributed by atoms with Gasteiger partial charge in [0, 0.05) is 29.7 Å². The zero-order chi connectivity index (χ0) is 13.0. The predicted molar refractivity (Wildman–Crippen MR) is 71.4 cm³/mol. The van der Waals surface area contributed by atoms with Crippen LogP contribution < -0.4 is 5.32 Å². The number of halogens is 2. The Hall–Kier alpha value is -0.640. The van der Waals surface area contributed by atoms with E-state index in [2.05, 4.69) is 12.2 Å². The SMILES string of the molecule is CCCNCC1CCOC1c1cc(Cl)ccc1F. The second-order valence-electron chi connectivity index (χ2n) is 4.71. The fourth-order valence-electron chi connectivity index (χ4n) is 2.38. The molecule has 2 rings (SSSR count). The van der Waals surface area contributed by atoms with Gasteiger partial charge in [-0.15, -0.1) is 0 Å². The molecule has 4 heteroatoms. The summed E-state index contributed by atoms with van der Waals surface area (Å²) in [7, 11) is 0. The standard InChI is InChI=1S/C14H19ClFNO/c1-2-6-17-9-10-5-7-18-14(10)12-8-11(15)3-4-13(12)16/h3-4,8,10,14,17H,2,5-7,9H2,1H3. The van der Waals surface area contributed by atoms with E-state index < -0.39 is 0 Å². The van der Waals surface area contributed by atoms with E-state index in [4.69, 9.17) is 16.3 Å². The minimum atomic E-state index is -0.230. The number of hydrogen-bond acceptors (Lipinski definition) is 2. The van der Waals surface area contributed by atoms with Gasteiger partial charge < -0.3 is 10.1 Å². The molecule has 0 aromatic heterocycles. The quantitative estimate of drug-likeness (QED) is 0.827. The summed E-state index contributed by atoms with van der Waals surface area (Å²) < 4.78 is 19.5. The Morgan fingerprint density at radius 2 is 2.33 bits per heavy atom. The molecule has 0 spiro atoms.